The highest BCUT2D eigenvalue weighted by Crippen LogP contribution is 2.36. The van der Waals surface area contributed by atoms with Crippen molar-refractivity contribution in [2.75, 3.05) is 36.5 Å². The number of carbonyl (C=O) groups is 2. The molecule has 9 nitrogen and oxygen atoms in total. The lowest BCUT2D eigenvalue weighted by Crippen LogP contribution is -2.53. The molecule has 1 N–H and O–H groups in total. The lowest BCUT2D eigenvalue weighted by molar-refractivity contribution is -0.139. The Kier molecular flexibility index (Phi) is 10.2. The Morgan fingerprint density at radius 3 is 2.43 bits per heavy atom. The Bertz CT molecular complexity index is 1160. The van der Waals surface area contributed by atoms with Crippen LogP contribution in [-0.2, 0) is 26.0 Å². The topological polar surface area (TPSA) is 105 Å². The molecule has 0 fully saturated rings. The number of hydrogen-bond acceptors (Lipinski definition) is 6. The number of nitrogens with zero attached hydrogens (tertiary/aromatic N) is 2. The van der Waals surface area contributed by atoms with Crippen molar-refractivity contribution in [1.82, 2.24) is 10.2 Å². The smallest absolute Gasteiger partial charge is 0.244 e. The quantitative estimate of drug-likeness (QED) is 0.375. The van der Waals surface area contributed by atoms with E-state index in [0.29, 0.717) is 36.6 Å². The predicted octanol–water partition coefficient (Wildman–Crippen LogP) is 3.34. The fourth-order valence-corrected chi connectivity index (χ4v) is 5.22. The molecule has 2 aromatic rings. The molecule has 0 radical (unpaired) electrons. The summed E-state index contributed by atoms with van der Waals surface area (Å²) in [6.45, 7) is 5.86. The number of ether oxygens (including phenoxy) is 2. The first kappa shape index (κ1) is 28.3. The maximum Gasteiger partial charge on any atom is 0.244 e. The van der Waals surface area contributed by atoms with Crippen molar-refractivity contribution in [3.05, 3.63) is 54.1 Å². The highest BCUT2D eigenvalue weighted by molar-refractivity contribution is 7.92. The second-order valence-corrected chi connectivity index (χ2v) is 11.0. The van der Waals surface area contributed by atoms with Gasteiger partial charge in [-0.1, -0.05) is 50.6 Å². The van der Waals surface area contributed by atoms with E-state index < -0.39 is 28.5 Å². The standard InChI is InChI=1S/C27H37N3O6S/c1-4-7-16-28-27(32)23(5-2)29(17-15-21-11-9-8-10-12-21)26(31)19-30(37(33,34)6-3)22-13-14-24-25(18-22)36-20-35-24/h8-14,18,23H,4-7,15-17,19-20H2,1-3H3,(H,28,32)/t23-/m0/s1. The zero-order chi connectivity index (χ0) is 26.8. The minimum absolute atomic E-state index is 0.0524. The normalized spacial score (nSPS) is 13.2. The highest BCUT2D eigenvalue weighted by Gasteiger charge is 2.32. The van der Waals surface area contributed by atoms with Crippen LogP contribution in [0.25, 0.3) is 0 Å². The molecule has 0 saturated heterocycles. The summed E-state index contributed by atoms with van der Waals surface area (Å²) in [5, 5.41) is 2.93. The second-order valence-electron chi connectivity index (χ2n) is 8.84. The Hall–Kier alpha value is -3.27. The fraction of sp³-hybridized carbons (Fsp3) is 0.481. The molecule has 3 rings (SSSR count). The molecule has 0 unspecified atom stereocenters. The van der Waals surface area contributed by atoms with Crippen LogP contribution in [0.5, 0.6) is 11.5 Å². The summed E-state index contributed by atoms with van der Waals surface area (Å²) < 4.78 is 38.0. The first-order chi connectivity index (χ1) is 17.8. The van der Waals surface area contributed by atoms with Gasteiger partial charge in [0.15, 0.2) is 11.5 Å². The van der Waals surface area contributed by atoms with Crippen molar-refractivity contribution in [2.45, 2.75) is 52.5 Å². The molecule has 1 aliphatic rings. The SMILES string of the molecule is CCCCNC(=O)[C@H](CC)N(CCc1ccccc1)C(=O)CN(c1ccc2c(c1)OCO2)S(=O)(=O)CC. The molecule has 1 aliphatic heterocycles. The zero-order valence-corrected chi connectivity index (χ0v) is 22.6. The number of sulfonamides is 1. The third kappa shape index (κ3) is 7.38. The van der Waals surface area contributed by atoms with E-state index in [1.54, 1.807) is 18.2 Å². The van der Waals surface area contributed by atoms with Crippen LogP contribution in [0.2, 0.25) is 0 Å². The van der Waals surface area contributed by atoms with Crippen LogP contribution in [0.15, 0.2) is 48.5 Å². The second kappa shape index (κ2) is 13.3. The van der Waals surface area contributed by atoms with Gasteiger partial charge in [0.25, 0.3) is 0 Å². The van der Waals surface area contributed by atoms with Crippen LogP contribution in [0.1, 0.15) is 45.6 Å². The van der Waals surface area contributed by atoms with Crippen LogP contribution in [0, 0.1) is 0 Å². The molecule has 37 heavy (non-hydrogen) atoms. The summed E-state index contributed by atoms with van der Waals surface area (Å²) in [6.07, 6.45) is 2.72. The summed E-state index contributed by atoms with van der Waals surface area (Å²) in [5.74, 6) is 0.0774. The molecule has 0 spiro atoms. The van der Waals surface area contributed by atoms with Crippen molar-refractivity contribution in [3.8, 4) is 11.5 Å². The lowest BCUT2D eigenvalue weighted by Gasteiger charge is -2.33. The number of carbonyl (C=O) groups excluding carboxylic acids is 2. The van der Waals surface area contributed by atoms with Gasteiger partial charge >= 0.3 is 0 Å². The van der Waals surface area contributed by atoms with Crippen LogP contribution in [-0.4, -0.2) is 63.4 Å². The number of fused-ring (bicyclic) bond motifs is 1. The monoisotopic (exact) mass is 531 g/mol. The Balaban J connectivity index is 1.89. The summed E-state index contributed by atoms with van der Waals surface area (Å²) in [7, 11) is -3.81. The molecule has 0 saturated carbocycles. The average Bonchev–Trinajstić information content (AvgIpc) is 3.38. The number of benzene rings is 2. The minimum atomic E-state index is -3.81. The van der Waals surface area contributed by atoms with Gasteiger partial charge in [0.2, 0.25) is 28.6 Å². The van der Waals surface area contributed by atoms with Crippen LogP contribution in [0.3, 0.4) is 0 Å². The third-order valence-electron chi connectivity index (χ3n) is 6.32. The van der Waals surface area contributed by atoms with E-state index in [9.17, 15) is 18.0 Å². The van der Waals surface area contributed by atoms with E-state index in [4.69, 9.17) is 9.47 Å². The molecule has 0 aromatic heterocycles. The van der Waals surface area contributed by atoms with Gasteiger partial charge in [0, 0.05) is 19.2 Å². The van der Waals surface area contributed by atoms with Gasteiger partial charge in [-0.2, -0.15) is 0 Å². The van der Waals surface area contributed by atoms with E-state index in [-0.39, 0.29) is 25.0 Å². The predicted molar refractivity (Wildman–Crippen MR) is 143 cm³/mol. The van der Waals surface area contributed by atoms with E-state index in [0.717, 1.165) is 22.7 Å². The Morgan fingerprint density at radius 2 is 1.76 bits per heavy atom. The number of hydrogen-bond donors (Lipinski definition) is 1. The van der Waals surface area contributed by atoms with Gasteiger partial charge in [-0.25, -0.2) is 8.42 Å². The fourth-order valence-electron chi connectivity index (χ4n) is 4.16. The van der Waals surface area contributed by atoms with Gasteiger partial charge in [-0.15, -0.1) is 0 Å². The van der Waals surface area contributed by atoms with E-state index >= 15 is 0 Å². The molecule has 1 atom stereocenters. The molecule has 0 bridgehead atoms. The van der Waals surface area contributed by atoms with Gasteiger partial charge in [-0.3, -0.25) is 13.9 Å². The van der Waals surface area contributed by atoms with E-state index in [1.165, 1.54) is 11.8 Å². The van der Waals surface area contributed by atoms with Crippen LogP contribution >= 0.6 is 0 Å². The zero-order valence-electron chi connectivity index (χ0n) is 21.8. The van der Waals surface area contributed by atoms with Gasteiger partial charge in [0.05, 0.1) is 11.4 Å². The molecule has 2 aromatic carbocycles. The first-order valence-electron chi connectivity index (χ1n) is 12.8. The Labute approximate surface area is 219 Å². The number of nitrogens with one attached hydrogen (secondary N) is 1. The van der Waals surface area contributed by atoms with Crippen molar-refractivity contribution in [2.24, 2.45) is 0 Å². The van der Waals surface area contributed by atoms with Crippen molar-refractivity contribution < 1.29 is 27.5 Å². The highest BCUT2D eigenvalue weighted by atomic mass is 32.2. The number of unbranched alkanes of at least 4 members (excludes halogenated alkanes) is 1. The molecular formula is C27H37N3O6S. The lowest BCUT2D eigenvalue weighted by atomic mass is 10.1. The molecule has 0 aliphatic carbocycles. The van der Waals surface area contributed by atoms with E-state index in [2.05, 4.69) is 5.32 Å². The van der Waals surface area contributed by atoms with Crippen LogP contribution < -0.4 is 19.1 Å². The third-order valence-corrected chi connectivity index (χ3v) is 8.06. The van der Waals surface area contributed by atoms with Gasteiger partial charge in [0.1, 0.15) is 12.6 Å². The number of amides is 2. The van der Waals surface area contributed by atoms with Gasteiger partial charge < -0.3 is 19.7 Å². The maximum atomic E-state index is 13.8. The average molecular weight is 532 g/mol. The largest absolute Gasteiger partial charge is 0.454 e. The van der Waals surface area contributed by atoms with Crippen molar-refractivity contribution in [1.29, 1.82) is 0 Å². The molecule has 202 valence electrons. The number of rotatable bonds is 14. The summed E-state index contributed by atoms with van der Waals surface area (Å²) in [5.41, 5.74) is 1.33. The maximum absolute atomic E-state index is 13.8. The molecule has 1 heterocycles. The molecule has 10 heteroatoms. The minimum Gasteiger partial charge on any atom is -0.454 e. The van der Waals surface area contributed by atoms with Gasteiger partial charge in [-0.05, 0) is 43.9 Å². The summed E-state index contributed by atoms with van der Waals surface area (Å²) in [6, 6.07) is 13.8. The Morgan fingerprint density at radius 1 is 1.03 bits per heavy atom. The van der Waals surface area contributed by atoms with Crippen LogP contribution in [0.4, 0.5) is 5.69 Å². The number of anilines is 1. The molecule has 2 amide bonds. The van der Waals surface area contributed by atoms with Crippen molar-refractivity contribution >= 4 is 27.5 Å². The summed E-state index contributed by atoms with van der Waals surface area (Å²) in [4.78, 5) is 28.4. The van der Waals surface area contributed by atoms with Crippen molar-refractivity contribution in [3.63, 3.8) is 0 Å². The first-order valence-corrected chi connectivity index (χ1v) is 14.4. The van der Waals surface area contributed by atoms with E-state index in [1.807, 2.05) is 44.2 Å². The summed E-state index contributed by atoms with van der Waals surface area (Å²) >= 11 is 0. The molecular weight excluding hydrogens is 494 g/mol.